The maximum Gasteiger partial charge on any atom is 0.114 e. The Kier molecular flexibility index (Phi) is 5.98. The van der Waals surface area contributed by atoms with Crippen LogP contribution in [0.15, 0.2) is 30.3 Å². The van der Waals surface area contributed by atoms with Gasteiger partial charge in [0, 0.05) is 0 Å². The molecule has 18 heavy (non-hydrogen) atoms. The Morgan fingerprint density at radius 3 is 2.22 bits per heavy atom. The maximum absolute atomic E-state index is 2.55. The van der Waals surface area contributed by atoms with Crippen molar-refractivity contribution in [1.82, 2.24) is 0 Å². The number of rotatable bonds is 7. The van der Waals surface area contributed by atoms with E-state index in [4.69, 9.17) is 0 Å². The summed E-state index contributed by atoms with van der Waals surface area (Å²) in [5.74, 6) is 1.45. The van der Waals surface area contributed by atoms with E-state index in [0.29, 0.717) is 11.2 Å². The zero-order valence-electron chi connectivity index (χ0n) is 12.7. The summed E-state index contributed by atoms with van der Waals surface area (Å²) in [5, 5.41) is 0. The van der Waals surface area contributed by atoms with Crippen LogP contribution < -0.4 is 0 Å². The van der Waals surface area contributed by atoms with Gasteiger partial charge in [-0.1, -0.05) is 83.5 Å². The molecule has 1 rings (SSSR count). The SMILES string of the molecule is CCC([B]CC(C)(C)C(C)C)Cc1ccccc1. The Morgan fingerprint density at radius 2 is 1.72 bits per heavy atom. The molecule has 0 saturated carbocycles. The Bertz CT molecular complexity index is 327. The molecule has 0 fully saturated rings. The summed E-state index contributed by atoms with van der Waals surface area (Å²) in [5.41, 5.74) is 1.88. The predicted octanol–water partition coefficient (Wildman–Crippen LogP) is 5.23. The Balaban J connectivity index is 2.48. The van der Waals surface area contributed by atoms with Gasteiger partial charge in [0.05, 0.1) is 0 Å². The highest BCUT2D eigenvalue weighted by Gasteiger charge is 2.23. The van der Waals surface area contributed by atoms with Gasteiger partial charge in [-0.05, 0) is 23.3 Å². The standard InChI is InChI=1S/C17H28B/c1-6-16(12-15-10-8-7-9-11-15)18-13-17(4,5)14(2)3/h7-11,14,16H,6,12-13H2,1-5H3. The third kappa shape index (κ3) is 4.88. The van der Waals surface area contributed by atoms with Crippen LogP contribution in [0.1, 0.15) is 46.6 Å². The highest BCUT2D eigenvalue weighted by molar-refractivity contribution is 6.37. The number of hydrogen-bond acceptors (Lipinski definition) is 0. The first-order valence-electron chi connectivity index (χ1n) is 7.33. The van der Waals surface area contributed by atoms with Crippen molar-refractivity contribution in [3.63, 3.8) is 0 Å². The molecule has 1 unspecified atom stereocenters. The Hall–Kier alpha value is -0.715. The second kappa shape index (κ2) is 7.02. The molecule has 1 aromatic rings. The summed E-state index contributed by atoms with van der Waals surface area (Å²) in [6, 6.07) is 10.9. The van der Waals surface area contributed by atoms with Gasteiger partial charge >= 0.3 is 0 Å². The van der Waals surface area contributed by atoms with Crippen molar-refractivity contribution < 1.29 is 0 Å². The molecule has 0 N–H and O–H groups in total. The highest BCUT2D eigenvalue weighted by Crippen LogP contribution is 2.32. The summed E-state index contributed by atoms with van der Waals surface area (Å²) in [6.45, 7) is 11.7. The fourth-order valence-corrected chi connectivity index (χ4v) is 2.02. The Morgan fingerprint density at radius 1 is 1.11 bits per heavy atom. The molecule has 1 heteroatoms. The topological polar surface area (TPSA) is 0 Å². The van der Waals surface area contributed by atoms with E-state index >= 15 is 0 Å². The fourth-order valence-electron chi connectivity index (χ4n) is 2.02. The van der Waals surface area contributed by atoms with Crippen molar-refractivity contribution in [1.29, 1.82) is 0 Å². The summed E-state index contributed by atoms with van der Waals surface area (Å²) < 4.78 is 0. The molecule has 0 aromatic heterocycles. The van der Waals surface area contributed by atoms with Crippen LogP contribution >= 0.6 is 0 Å². The van der Waals surface area contributed by atoms with Crippen molar-refractivity contribution in [2.45, 2.75) is 59.6 Å². The molecule has 0 saturated heterocycles. The molecule has 0 aliphatic carbocycles. The van der Waals surface area contributed by atoms with Crippen LogP contribution in [0.25, 0.3) is 0 Å². The predicted molar refractivity (Wildman–Crippen MR) is 83.4 cm³/mol. The van der Waals surface area contributed by atoms with Crippen LogP contribution in [-0.2, 0) is 6.42 Å². The normalized spacial score (nSPS) is 13.7. The Labute approximate surface area is 114 Å². The van der Waals surface area contributed by atoms with Gasteiger partial charge < -0.3 is 0 Å². The highest BCUT2D eigenvalue weighted by atomic mass is 14.2. The molecule has 0 aliphatic heterocycles. The average molecular weight is 243 g/mol. The molecule has 0 spiro atoms. The zero-order valence-corrected chi connectivity index (χ0v) is 12.7. The first-order chi connectivity index (χ1) is 8.45. The van der Waals surface area contributed by atoms with Crippen LogP contribution in [0, 0.1) is 11.3 Å². The van der Waals surface area contributed by atoms with Crippen LogP contribution in [0.5, 0.6) is 0 Å². The van der Waals surface area contributed by atoms with Crippen LogP contribution in [0.3, 0.4) is 0 Å². The van der Waals surface area contributed by atoms with E-state index in [0.717, 1.165) is 5.92 Å². The lowest BCUT2D eigenvalue weighted by molar-refractivity contribution is 0.282. The molecular weight excluding hydrogens is 215 g/mol. The lowest BCUT2D eigenvalue weighted by Crippen LogP contribution is -2.23. The van der Waals surface area contributed by atoms with E-state index < -0.39 is 0 Å². The van der Waals surface area contributed by atoms with Crippen LogP contribution in [0.4, 0.5) is 0 Å². The zero-order chi connectivity index (χ0) is 13.6. The van der Waals surface area contributed by atoms with Crippen molar-refractivity contribution in [2.75, 3.05) is 0 Å². The number of hydrogen-bond donors (Lipinski definition) is 0. The molecular formula is C17H28B. The molecule has 1 radical (unpaired) electrons. The minimum absolute atomic E-state index is 0.421. The smallest absolute Gasteiger partial charge is 0.0747 e. The van der Waals surface area contributed by atoms with Gasteiger partial charge in [-0.15, -0.1) is 0 Å². The first kappa shape index (κ1) is 15.3. The minimum atomic E-state index is 0.421. The average Bonchev–Trinajstić information content (AvgIpc) is 2.35. The summed E-state index contributed by atoms with van der Waals surface area (Å²) in [7, 11) is 2.55. The van der Waals surface area contributed by atoms with Gasteiger partial charge in [0.1, 0.15) is 7.28 Å². The largest absolute Gasteiger partial charge is 0.114 e. The quantitative estimate of drug-likeness (QED) is 0.575. The molecule has 1 atom stereocenters. The maximum atomic E-state index is 2.55. The third-order valence-electron chi connectivity index (χ3n) is 4.41. The van der Waals surface area contributed by atoms with E-state index in [1.807, 2.05) is 0 Å². The first-order valence-corrected chi connectivity index (χ1v) is 7.33. The second-order valence-corrected chi connectivity index (χ2v) is 6.44. The molecule has 0 bridgehead atoms. The summed E-state index contributed by atoms with van der Waals surface area (Å²) >= 11 is 0. The van der Waals surface area contributed by atoms with Crippen LogP contribution in [0.2, 0.25) is 12.1 Å². The van der Waals surface area contributed by atoms with Crippen molar-refractivity contribution in [3.05, 3.63) is 35.9 Å². The van der Waals surface area contributed by atoms with E-state index in [1.165, 1.54) is 24.7 Å². The van der Waals surface area contributed by atoms with Crippen molar-refractivity contribution in [3.8, 4) is 0 Å². The van der Waals surface area contributed by atoms with E-state index in [-0.39, 0.29) is 0 Å². The van der Waals surface area contributed by atoms with E-state index in [9.17, 15) is 0 Å². The van der Waals surface area contributed by atoms with Crippen LogP contribution in [-0.4, -0.2) is 7.28 Å². The lowest BCUT2D eigenvalue weighted by Gasteiger charge is -2.30. The molecule has 0 nitrogen and oxygen atoms in total. The fraction of sp³-hybridized carbons (Fsp3) is 0.647. The van der Waals surface area contributed by atoms with Gasteiger partial charge in [0.2, 0.25) is 0 Å². The summed E-state index contributed by atoms with van der Waals surface area (Å²) in [4.78, 5) is 0. The van der Waals surface area contributed by atoms with E-state index in [2.05, 4.69) is 72.2 Å². The molecule has 0 heterocycles. The van der Waals surface area contributed by atoms with Gasteiger partial charge in [-0.3, -0.25) is 0 Å². The number of benzene rings is 1. The monoisotopic (exact) mass is 243 g/mol. The molecule has 0 aliphatic rings. The molecule has 99 valence electrons. The third-order valence-corrected chi connectivity index (χ3v) is 4.41. The van der Waals surface area contributed by atoms with Gasteiger partial charge in [0.25, 0.3) is 0 Å². The van der Waals surface area contributed by atoms with Crippen molar-refractivity contribution in [2.24, 2.45) is 11.3 Å². The second-order valence-electron chi connectivity index (χ2n) is 6.44. The van der Waals surface area contributed by atoms with E-state index in [1.54, 1.807) is 0 Å². The van der Waals surface area contributed by atoms with Crippen molar-refractivity contribution >= 4 is 7.28 Å². The lowest BCUT2D eigenvalue weighted by atomic mass is 9.52. The van der Waals surface area contributed by atoms with Gasteiger partial charge in [0.15, 0.2) is 0 Å². The molecule has 1 aromatic carbocycles. The summed E-state index contributed by atoms with van der Waals surface area (Å²) in [6.07, 6.45) is 3.64. The van der Waals surface area contributed by atoms with Gasteiger partial charge in [-0.25, -0.2) is 0 Å². The minimum Gasteiger partial charge on any atom is -0.0747 e. The molecule has 0 amide bonds. The van der Waals surface area contributed by atoms with Gasteiger partial charge in [-0.2, -0.15) is 0 Å².